The van der Waals surface area contributed by atoms with Crippen LogP contribution < -0.4 is 5.32 Å². The number of nitrogens with one attached hydrogen (secondary N) is 1. The van der Waals surface area contributed by atoms with Crippen LogP contribution in [-0.4, -0.2) is 21.1 Å². The molecule has 4 nitrogen and oxygen atoms in total. The van der Waals surface area contributed by atoms with Crippen LogP contribution in [0.2, 0.25) is 5.02 Å². The molecule has 1 unspecified atom stereocenters. The minimum absolute atomic E-state index is 0.318. The SMILES string of the molecule is Clc1ccc2nnc(C3CCCN3)n2c1. The zero-order valence-corrected chi connectivity index (χ0v) is 8.91. The van der Waals surface area contributed by atoms with E-state index in [9.17, 15) is 0 Å². The maximum Gasteiger partial charge on any atom is 0.160 e. The van der Waals surface area contributed by atoms with Crippen molar-refractivity contribution in [3.8, 4) is 0 Å². The number of halogens is 1. The Bertz CT molecular complexity index is 487. The minimum Gasteiger partial charge on any atom is -0.307 e. The van der Waals surface area contributed by atoms with Crippen molar-refractivity contribution >= 4 is 17.2 Å². The van der Waals surface area contributed by atoms with Crippen LogP contribution in [0, 0.1) is 0 Å². The molecule has 1 N–H and O–H groups in total. The Morgan fingerprint density at radius 3 is 3.13 bits per heavy atom. The van der Waals surface area contributed by atoms with Crippen molar-refractivity contribution < 1.29 is 0 Å². The van der Waals surface area contributed by atoms with E-state index < -0.39 is 0 Å². The second-order valence-corrected chi connectivity index (χ2v) is 4.22. The molecule has 0 spiro atoms. The van der Waals surface area contributed by atoms with E-state index in [2.05, 4.69) is 15.5 Å². The van der Waals surface area contributed by atoms with Crippen LogP contribution in [-0.2, 0) is 0 Å². The molecule has 78 valence electrons. The Kier molecular flexibility index (Phi) is 2.11. The Hall–Kier alpha value is -1.13. The van der Waals surface area contributed by atoms with Gasteiger partial charge in [0.1, 0.15) is 0 Å². The van der Waals surface area contributed by atoms with Crippen molar-refractivity contribution in [1.29, 1.82) is 0 Å². The highest BCUT2D eigenvalue weighted by Gasteiger charge is 2.21. The van der Waals surface area contributed by atoms with E-state index in [1.807, 2.05) is 22.7 Å². The van der Waals surface area contributed by atoms with E-state index >= 15 is 0 Å². The molecule has 5 heteroatoms. The normalized spacial score (nSPS) is 21.3. The van der Waals surface area contributed by atoms with Crippen molar-refractivity contribution in [1.82, 2.24) is 19.9 Å². The van der Waals surface area contributed by atoms with Crippen LogP contribution >= 0.6 is 11.6 Å². The molecule has 1 aliphatic rings. The summed E-state index contributed by atoms with van der Waals surface area (Å²) in [7, 11) is 0. The van der Waals surface area contributed by atoms with E-state index in [0.717, 1.165) is 24.4 Å². The Labute approximate surface area is 92.3 Å². The lowest BCUT2D eigenvalue weighted by Gasteiger charge is -2.07. The quantitative estimate of drug-likeness (QED) is 0.800. The highest BCUT2D eigenvalue weighted by molar-refractivity contribution is 6.30. The molecule has 3 rings (SSSR count). The molecule has 1 fully saturated rings. The van der Waals surface area contributed by atoms with Gasteiger partial charge in [-0.2, -0.15) is 0 Å². The highest BCUT2D eigenvalue weighted by Crippen LogP contribution is 2.22. The summed E-state index contributed by atoms with van der Waals surface area (Å²) < 4.78 is 1.96. The summed E-state index contributed by atoms with van der Waals surface area (Å²) in [5.41, 5.74) is 0.850. The molecule has 2 aromatic heterocycles. The second-order valence-electron chi connectivity index (χ2n) is 3.78. The Morgan fingerprint density at radius 1 is 1.40 bits per heavy atom. The Morgan fingerprint density at radius 2 is 2.33 bits per heavy atom. The summed E-state index contributed by atoms with van der Waals surface area (Å²) in [4.78, 5) is 0. The average molecular weight is 223 g/mol. The van der Waals surface area contributed by atoms with Gasteiger partial charge in [-0.25, -0.2) is 0 Å². The van der Waals surface area contributed by atoms with Crippen molar-refractivity contribution in [2.24, 2.45) is 0 Å². The third-order valence-electron chi connectivity index (χ3n) is 2.76. The van der Waals surface area contributed by atoms with Gasteiger partial charge in [-0.3, -0.25) is 4.40 Å². The van der Waals surface area contributed by atoms with Crippen molar-refractivity contribution in [2.45, 2.75) is 18.9 Å². The van der Waals surface area contributed by atoms with Crippen LogP contribution in [0.1, 0.15) is 24.7 Å². The van der Waals surface area contributed by atoms with Gasteiger partial charge in [0.05, 0.1) is 11.1 Å². The first-order valence-corrected chi connectivity index (χ1v) is 5.46. The molecule has 0 amide bonds. The first kappa shape index (κ1) is 9.12. The molecule has 15 heavy (non-hydrogen) atoms. The number of aromatic nitrogens is 3. The van der Waals surface area contributed by atoms with Crippen LogP contribution in [0.5, 0.6) is 0 Å². The molecule has 3 heterocycles. The molecule has 1 saturated heterocycles. The largest absolute Gasteiger partial charge is 0.307 e. The number of hydrogen-bond acceptors (Lipinski definition) is 3. The van der Waals surface area contributed by atoms with E-state index in [4.69, 9.17) is 11.6 Å². The van der Waals surface area contributed by atoms with E-state index in [0.29, 0.717) is 11.1 Å². The third-order valence-corrected chi connectivity index (χ3v) is 2.99. The fourth-order valence-corrected chi connectivity index (χ4v) is 2.19. The fourth-order valence-electron chi connectivity index (χ4n) is 2.03. The molecule has 2 aromatic rings. The number of rotatable bonds is 1. The van der Waals surface area contributed by atoms with Gasteiger partial charge in [0.15, 0.2) is 11.5 Å². The van der Waals surface area contributed by atoms with Gasteiger partial charge in [0.2, 0.25) is 0 Å². The summed E-state index contributed by atoms with van der Waals surface area (Å²) in [6, 6.07) is 4.03. The summed E-state index contributed by atoms with van der Waals surface area (Å²) >= 11 is 5.96. The predicted octanol–water partition coefficient (Wildman–Crippen LogP) is 1.81. The summed E-state index contributed by atoms with van der Waals surface area (Å²) in [5.74, 6) is 0.963. The molecule has 0 aromatic carbocycles. The van der Waals surface area contributed by atoms with Crippen LogP contribution in [0.15, 0.2) is 18.3 Å². The molecule has 0 aliphatic carbocycles. The van der Waals surface area contributed by atoms with E-state index in [1.54, 1.807) is 0 Å². The number of nitrogens with zero attached hydrogens (tertiary/aromatic N) is 3. The van der Waals surface area contributed by atoms with Crippen molar-refractivity contribution in [2.75, 3.05) is 6.54 Å². The number of hydrogen-bond donors (Lipinski definition) is 1. The predicted molar refractivity (Wildman–Crippen MR) is 58.0 cm³/mol. The van der Waals surface area contributed by atoms with Gasteiger partial charge in [-0.1, -0.05) is 11.6 Å². The third kappa shape index (κ3) is 1.50. The lowest BCUT2D eigenvalue weighted by atomic mass is 10.2. The molecular formula is C10H11ClN4. The van der Waals surface area contributed by atoms with Gasteiger partial charge in [0, 0.05) is 6.20 Å². The maximum atomic E-state index is 5.96. The molecule has 0 bridgehead atoms. The van der Waals surface area contributed by atoms with Crippen LogP contribution in [0.4, 0.5) is 0 Å². The summed E-state index contributed by atoms with van der Waals surface area (Å²) in [5, 5.41) is 12.4. The fraction of sp³-hybridized carbons (Fsp3) is 0.400. The highest BCUT2D eigenvalue weighted by atomic mass is 35.5. The van der Waals surface area contributed by atoms with E-state index in [-0.39, 0.29) is 0 Å². The first-order chi connectivity index (χ1) is 7.34. The topological polar surface area (TPSA) is 42.2 Å². The van der Waals surface area contributed by atoms with Gasteiger partial charge in [0.25, 0.3) is 0 Å². The molecule has 1 atom stereocenters. The maximum absolute atomic E-state index is 5.96. The average Bonchev–Trinajstić information content (AvgIpc) is 2.83. The van der Waals surface area contributed by atoms with Gasteiger partial charge >= 0.3 is 0 Å². The van der Waals surface area contributed by atoms with Gasteiger partial charge in [-0.15, -0.1) is 10.2 Å². The monoisotopic (exact) mass is 222 g/mol. The number of pyridine rings is 1. The minimum atomic E-state index is 0.318. The van der Waals surface area contributed by atoms with E-state index in [1.165, 1.54) is 6.42 Å². The van der Waals surface area contributed by atoms with Crippen LogP contribution in [0.25, 0.3) is 5.65 Å². The second kappa shape index (κ2) is 3.47. The first-order valence-electron chi connectivity index (χ1n) is 5.08. The lowest BCUT2D eigenvalue weighted by molar-refractivity contribution is 0.598. The van der Waals surface area contributed by atoms with Crippen LogP contribution in [0.3, 0.4) is 0 Å². The van der Waals surface area contributed by atoms with Gasteiger partial charge < -0.3 is 5.32 Å². The zero-order valence-electron chi connectivity index (χ0n) is 8.15. The zero-order chi connectivity index (χ0) is 10.3. The van der Waals surface area contributed by atoms with Crippen molar-refractivity contribution in [3.63, 3.8) is 0 Å². The molecular weight excluding hydrogens is 212 g/mol. The molecule has 0 saturated carbocycles. The molecule has 1 aliphatic heterocycles. The smallest absolute Gasteiger partial charge is 0.160 e. The number of fused-ring (bicyclic) bond motifs is 1. The lowest BCUT2D eigenvalue weighted by Crippen LogP contribution is -2.15. The summed E-state index contributed by atoms with van der Waals surface area (Å²) in [6.45, 7) is 1.06. The Balaban J connectivity index is 2.13. The van der Waals surface area contributed by atoms with Crippen molar-refractivity contribution in [3.05, 3.63) is 29.2 Å². The summed E-state index contributed by atoms with van der Waals surface area (Å²) in [6.07, 6.45) is 4.18. The molecule has 0 radical (unpaired) electrons. The standard InChI is InChI=1S/C10H11ClN4/c11-7-3-4-9-13-14-10(15(9)6-7)8-2-1-5-12-8/h3-4,6,8,12H,1-2,5H2. The van der Waals surface area contributed by atoms with Gasteiger partial charge in [-0.05, 0) is 31.5 Å².